The molecule has 4 nitrogen and oxygen atoms in total. The van der Waals surface area contributed by atoms with Crippen molar-refractivity contribution in [2.45, 2.75) is 26.3 Å². The summed E-state index contributed by atoms with van der Waals surface area (Å²) in [4.78, 5) is 29.3. The molecule has 0 unspecified atom stereocenters. The van der Waals surface area contributed by atoms with Gasteiger partial charge in [0.15, 0.2) is 5.78 Å². The quantitative estimate of drug-likeness (QED) is 0.924. The highest BCUT2D eigenvalue weighted by molar-refractivity contribution is 6.24. The van der Waals surface area contributed by atoms with Crippen LogP contribution < -0.4 is 5.32 Å². The van der Waals surface area contributed by atoms with Gasteiger partial charge in [0.2, 0.25) is 5.78 Å². The van der Waals surface area contributed by atoms with Crippen molar-refractivity contribution in [3.05, 3.63) is 65.5 Å². The molecule has 0 saturated carbocycles. The van der Waals surface area contributed by atoms with E-state index in [-0.39, 0.29) is 17.1 Å². The number of Topliss-reactive ketones (excluding diaryl/α,β-unsaturated/α-hetero) is 1. The molecule has 1 aromatic carbocycles. The van der Waals surface area contributed by atoms with Gasteiger partial charge in [0.05, 0.1) is 17.0 Å². The van der Waals surface area contributed by atoms with Crippen LogP contribution in [0.4, 0.5) is 0 Å². The van der Waals surface area contributed by atoms with Crippen molar-refractivity contribution in [1.29, 1.82) is 0 Å². The standard InChI is InChI=1S/C19H18N2O2/c1-19(2,3)21-16-10-17(22)13-9-15(12-7-5-4-6-8-12)20-11-14(13)18(16)23/h4-11,21H,1-3H3. The van der Waals surface area contributed by atoms with E-state index < -0.39 is 0 Å². The number of aromatic nitrogens is 1. The second-order valence-corrected chi connectivity index (χ2v) is 6.61. The molecule has 0 saturated heterocycles. The molecule has 1 aromatic heterocycles. The van der Waals surface area contributed by atoms with Gasteiger partial charge < -0.3 is 5.32 Å². The van der Waals surface area contributed by atoms with Crippen LogP contribution in [0.1, 0.15) is 41.5 Å². The van der Waals surface area contributed by atoms with Crippen LogP contribution in [0.2, 0.25) is 0 Å². The lowest BCUT2D eigenvalue weighted by Crippen LogP contribution is -2.39. The lowest BCUT2D eigenvalue weighted by atomic mass is 9.92. The van der Waals surface area contributed by atoms with Crippen molar-refractivity contribution in [1.82, 2.24) is 10.3 Å². The van der Waals surface area contributed by atoms with Crippen LogP contribution in [0.3, 0.4) is 0 Å². The Morgan fingerprint density at radius 3 is 2.35 bits per heavy atom. The molecule has 0 aliphatic heterocycles. The number of carbonyl (C=O) groups excluding carboxylic acids is 2. The van der Waals surface area contributed by atoms with E-state index in [1.54, 1.807) is 6.07 Å². The Bertz CT molecular complexity index is 815. The van der Waals surface area contributed by atoms with Crippen molar-refractivity contribution in [3.63, 3.8) is 0 Å². The molecule has 1 aliphatic rings. The maximum Gasteiger partial charge on any atom is 0.211 e. The zero-order valence-corrected chi connectivity index (χ0v) is 13.4. The van der Waals surface area contributed by atoms with Crippen LogP contribution in [0.15, 0.2) is 54.4 Å². The molecular formula is C19H18N2O2. The van der Waals surface area contributed by atoms with Crippen LogP contribution in [0, 0.1) is 0 Å². The van der Waals surface area contributed by atoms with Crippen LogP contribution in [-0.2, 0) is 0 Å². The molecule has 0 fully saturated rings. The smallest absolute Gasteiger partial charge is 0.211 e. The van der Waals surface area contributed by atoms with Crippen molar-refractivity contribution in [3.8, 4) is 11.3 Å². The fourth-order valence-corrected chi connectivity index (χ4v) is 2.52. The lowest BCUT2D eigenvalue weighted by molar-refractivity contribution is 0.0973. The molecule has 0 radical (unpaired) electrons. The predicted molar refractivity (Wildman–Crippen MR) is 89.3 cm³/mol. The number of carbonyl (C=O) groups is 2. The Hall–Kier alpha value is -2.75. The van der Waals surface area contributed by atoms with E-state index in [1.807, 2.05) is 51.1 Å². The Kier molecular flexibility index (Phi) is 3.60. The van der Waals surface area contributed by atoms with Gasteiger partial charge in [-0.3, -0.25) is 14.6 Å². The molecule has 23 heavy (non-hydrogen) atoms. The first-order valence-corrected chi connectivity index (χ1v) is 7.49. The number of pyridine rings is 1. The molecule has 0 spiro atoms. The van der Waals surface area contributed by atoms with Crippen molar-refractivity contribution in [2.24, 2.45) is 0 Å². The number of hydrogen-bond donors (Lipinski definition) is 1. The second kappa shape index (κ2) is 5.47. The van der Waals surface area contributed by atoms with E-state index in [4.69, 9.17) is 0 Å². The highest BCUT2D eigenvalue weighted by Gasteiger charge is 2.28. The topological polar surface area (TPSA) is 59.1 Å². The monoisotopic (exact) mass is 306 g/mol. The van der Waals surface area contributed by atoms with Crippen molar-refractivity contribution < 1.29 is 9.59 Å². The summed E-state index contributed by atoms with van der Waals surface area (Å²) in [5, 5.41) is 3.09. The highest BCUT2D eigenvalue weighted by Crippen LogP contribution is 2.25. The number of allylic oxidation sites excluding steroid dienone is 2. The van der Waals surface area contributed by atoms with Crippen LogP contribution >= 0.6 is 0 Å². The SMILES string of the molecule is CC(C)(C)NC1=CC(=O)c2cc(-c3ccccc3)ncc2C1=O. The van der Waals surface area contributed by atoms with E-state index >= 15 is 0 Å². The third-order valence-electron chi connectivity index (χ3n) is 3.51. The maximum atomic E-state index is 12.6. The van der Waals surface area contributed by atoms with E-state index in [0.29, 0.717) is 22.5 Å². The van der Waals surface area contributed by atoms with Gasteiger partial charge in [-0.05, 0) is 26.8 Å². The van der Waals surface area contributed by atoms with E-state index in [1.165, 1.54) is 12.3 Å². The van der Waals surface area contributed by atoms with Gasteiger partial charge in [-0.25, -0.2) is 0 Å². The number of rotatable bonds is 2. The number of nitrogens with zero attached hydrogens (tertiary/aromatic N) is 1. The predicted octanol–water partition coefficient (Wildman–Crippen LogP) is 3.40. The summed E-state index contributed by atoms with van der Waals surface area (Å²) in [5.74, 6) is -0.368. The Morgan fingerprint density at radius 2 is 1.70 bits per heavy atom. The minimum absolute atomic E-state index is 0.175. The van der Waals surface area contributed by atoms with Gasteiger partial charge in [0.25, 0.3) is 0 Å². The molecule has 3 rings (SSSR count). The van der Waals surface area contributed by atoms with Gasteiger partial charge in [-0.2, -0.15) is 0 Å². The van der Waals surface area contributed by atoms with E-state index in [9.17, 15) is 9.59 Å². The highest BCUT2D eigenvalue weighted by atomic mass is 16.1. The molecule has 1 heterocycles. The first kappa shape index (κ1) is 15.2. The van der Waals surface area contributed by atoms with Gasteiger partial charge in [0.1, 0.15) is 0 Å². The summed E-state index contributed by atoms with van der Waals surface area (Å²) in [6.45, 7) is 5.83. The summed E-state index contributed by atoms with van der Waals surface area (Å²) in [6, 6.07) is 11.3. The summed E-state index contributed by atoms with van der Waals surface area (Å²) < 4.78 is 0. The zero-order chi connectivity index (χ0) is 16.6. The van der Waals surface area contributed by atoms with E-state index in [2.05, 4.69) is 10.3 Å². The molecule has 1 N–H and O–H groups in total. The minimum Gasteiger partial charge on any atom is -0.377 e. The van der Waals surface area contributed by atoms with Crippen LogP contribution in [0.25, 0.3) is 11.3 Å². The first-order valence-electron chi connectivity index (χ1n) is 7.49. The summed E-state index contributed by atoms with van der Waals surface area (Å²) >= 11 is 0. The Balaban J connectivity index is 2.01. The molecule has 116 valence electrons. The van der Waals surface area contributed by atoms with Crippen LogP contribution in [0.5, 0.6) is 0 Å². The second-order valence-electron chi connectivity index (χ2n) is 6.61. The van der Waals surface area contributed by atoms with Crippen molar-refractivity contribution in [2.75, 3.05) is 0 Å². The van der Waals surface area contributed by atoms with Crippen LogP contribution in [-0.4, -0.2) is 22.1 Å². The average molecular weight is 306 g/mol. The number of fused-ring (bicyclic) bond motifs is 1. The average Bonchev–Trinajstić information content (AvgIpc) is 2.51. The minimum atomic E-state index is -0.295. The summed E-state index contributed by atoms with van der Waals surface area (Å²) in [5.41, 5.74) is 2.39. The van der Waals surface area contributed by atoms with Gasteiger partial charge >= 0.3 is 0 Å². The third-order valence-corrected chi connectivity index (χ3v) is 3.51. The molecular weight excluding hydrogens is 288 g/mol. The lowest BCUT2D eigenvalue weighted by Gasteiger charge is -2.25. The van der Waals surface area contributed by atoms with E-state index in [0.717, 1.165) is 5.56 Å². The normalized spacial score (nSPS) is 14.3. The number of nitrogens with one attached hydrogen (secondary N) is 1. The van der Waals surface area contributed by atoms with Gasteiger partial charge in [-0.15, -0.1) is 0 Å². The summed E-state index contributed by atoms with van der Waals surface area (Å²) in [6.07, 6.45) is 2.87. The third kappa shape index (κ3) is 3.06. The summed E-state index contributed by atoms with van der Waals surface area (Å²) in [7, 11) is 0. The van der Waals surface area contributed by atoms with Crippen molar-refractivity contribution >= 4 is 11.6 Å². The Labute approximate surface area is 135 Å². The molecule has 0 amide bonds. The van der Waals surface area contributed by atoms with Gasteiger partial charge in [0, 0.05) is 28.9 Å². The number of benzene rings is 1. The fourth-order valence-electron chi connectivity index (χ4n) is 2.52. The maximum absolute atomic E-state index is 12.6. The largest absolute Gasteiger partial charge is 0.377 e. The Morgan fingerprint density at radius 1 is 1.00 bits per heavy atom. The number of hydrogen-bond acceptors (Lipinski definition) is 4. The van der Waals surface area contributed by atoms with Gasteiger partial charge in [-0.1, -0.05) is 30.3 Å². The zero-order valence-electron chi connectivity index (χ0n) is 13.4. The molecule has 0 bridgehead atoms. The molecule has 2 aromatic rings. The molecule has 0 atom stereocenters. The fraction of sp³-hybridized carbons (Fsp3) is 0.211. The first-order chi connectivity index (χ1) is 10.8. The molecule has 1 aliphatic carbocycles. The number of ketones is 2. The molecule has 4 heteroatoms.